The molecule has 0 aliphatic carbocycles. The highest BCUT2D eigenvalue weighted by molar-refractivity contribution is 6.07. The van der Waals surface area contributed by atoms with Crippen LogP contribution in [0.5, 0.6) is 0 Å². The van der Waals surface area contributed by atoms with Crippen molar-refractivity contribution in [1.82, 2.24) is 10.2 Å². The third-order valence-electron chi connectivity index (χ3n) is 5.33. The Morgan fingerprint density at radius 3 is 2.48 bits per heavy atom. The van der Waals surface area contributed by atoms with Crippen LogP contribution < -0.4 is 10.2 Å². The molecule has 0 radical (unpaired) electrons. The van der Waals surface area contributed by atoms with E-state index in [1.54, 1.807) is 19.1 Å². The van der Waals surface area contributed by atoms with E-state index in [0.29, 0.717) is 25.1 Å². The fraction of sp³-hybridized carbons (Fsp3) is 0.500. The maximum absolute atomic E-state index is 13.1. The number of hydrogen-bond donors (Lipinski definition) is 1. The van der Waals surface area contributed by atoms with Crippen LogP contribution in [0, 0.1) is 12.8 Å². The lowest BCUT2D eigenvalue weighted by Crippen LogP contribution is -2.54. The van der Waals surface area contributed by atoms with Crippen LogP contribution in [-0.4, -0.2) is 59.7 Å². The van der Waals surface area contributed by atoms with Crippen LogP contribution in [0.4, 0.5) is 5.69 Å². The number of piperidine rings is 1. The van der Waals surface area contributed by atoms with Gasteiger partial charge in [0.05, 0.1) is 5.92 Å². The van der Waals surface area contributed by atoms with Crippen molar-refractivity contribution in [2.75, 3.05) is 18.0 Å². The molecule has 0 spiro atoms. The summed E-state index contributed by atoms with van der Waals surface area (Å²) in [6.45, 7) is 8.14. The van der Waals surface area contributed by atoms with E-state index < -0.39 is 29.4 Å². The highest BCUT2D eigenvalue weighted by Gasteiger charge is 2.38. The first-order chi connectivity index (χ1) is 14.5. The lowest BCUT2D eigenvalue weighted by Gasteiger charge is -2.40. The maximum atomic E-state index is 13.1. The minimum atomic E-state index is -1.02. The molecule has 2 saturated heterocycles. The summed E-state index contributed by atoms with van der Waals surface area (Å²) in [7, 11) is 0. The van der Waals surface area contributed by atoms with Crippen molar-refractivity contribution in [3.8, 4) is 0 Å². The molecule has 1 aromatic rings. The number of carbonyl (C=O) groups excluding carboxylic acids is 5. The standard InChI is InChI=1S/C22H27N3O6/c1-13-5-6-15(24-10-14(11-24)21(30)31-22(2,3)4)9-16(13)20(29)25(12-26)17-7-8-18(27)23-19(17)28/h5-6,9,12,14,17H,7-8,10-11H2,1-4H3,(H,23,27,28). The average molecular weight is 429 g/mol. The summed E-state index contributed by atoms with van der Waals surface area (Å²) in [6, 6.07) is 4.24. The Bertz CT molecular complexity index is 930. The predicted molar refractivity (Wildman–Crippen MR) is 111 cm³/mol. The molecule has 4 amide bonds. The van der Waals surface area contributed by atoms with Crippen LogP contribution in [0.3, 0.4) is 0 Å². The summed E-state index contributed by atoms with van der Waals surface area (Å²) in [4.78, 5) is 63.2. The molecule has 0 saturated carbocycles. The van der Waals surface area contributed by atoms with E-state index in [1.807, 2.05) is 31.7 Å². The van der Waals surface area contributed by atoms with E-state index in [0.717, 1.165) is 10.6 Å². The molecule has 0 aromatic heterocycles. The second kappa shape index (κ2) is 8.49. The van der Waals surface area contributed by atoms with Gasteiger partial charge in [-0.2, -0.15) is 0 Å². The number of aryl methyl sites for hydroxylation is 1. The molecule has 2 heterocycles. The number of benzene rings is 1. The SMILES string of the molecule is Cc1ccc(N2CC(C(=O)OC(C)(C)C)C2)cc1C(=O)N(C=O)C1CCC(=O)NC1=O. The van der Waals surface area contributed by atoms with Gasteiger partial charge in [-0.15, -0.1) is 0 Å². The first kappa shape index (κ1) is 22.5. The molecule has 2 aliphatic rings. The van der Waals surface area contributed by atoms with Crippen LogP contribution in [0.15, 0.2) is 18.2 Å². The van der Waals surface area contributed by atoms with Gasteiger partial charge in [-0.1, -0.05) is 6.07 Å². The zero-order chi connectivity index (χ0) is 22.9. The van der Waals surface area contributed by atoms with E-state index in [4.69, 9.17) is 4.74 Å². The molecule has 9 nitrogen and oxygen atoms in total. The van der Waals surface area contributed by atoms with Crippen molar-refractivity contribution in [2.45, 2.75) is 52.2 Å². The number of anilines is 1. The number of carbonyl (C=O) groups is 5. The average Bonchev–Trinajstić information content (AvgIpc) is 2.62. The van der Waals surface area contributed by atoms with Gasteiger partial charge in [-0.3, -0.25) is 34.2 Å². The molecule has 1 aromatic carbocycles. The third kappa shape index (κ3) is 4.92. The van der Waals surface area contributed by atoms with E-state index >= 15 is 0 Å². The number of nitrogens with zero attached hydrogens (tertiary/aromatic N) is 2. The lowest BCUT2D eigenvalue weighted by atomic mass is 9.97. The van der Waals surface area contributed by atoms with Crippen molar-refractivity contribution in [2.24, 2.45) is 5.92 Å². The highest BCUT2D eigenvalue weighted by atomic mass is 16.6. The van der Waals surface area contributed by atoms with Gasteiger partial charge in [-0.05, 0) is 51.8 Å². The van der Waals surface area contributed by atoms with Crippen LogP contribution in [0.2, 0.25) is 0 Å². The Labute approximate surface area is 180 Å². The molecule has 1 N–H and O–H groups in total. The minimum Gasteiger partial charge on any atom is -0.460 e. The van der Waals surface area contributed by atoms with Gasteiger partial charge in [0.2, 0.25) is 18.2 Å². The second-order valence-corrected chi connectivity index (χ2v) is 8.92. The Hall–Kier alpha value is -3.23. The van der Waals surface area contributed by atoms with Gasteiger partial charge in [0.25, 0.3) is 5.91 Å². The van der Waals surface area contributed by atoms with Crippen LogP contribution in [0.1, 0.15) is 49.5 Å². The zero-order valence-electron chi connectivity index (χ0n) is 18.1. The lowest BCUT2D eigenvalue weighted by molar-refractivity contribution is -0.160. The monoisotopic (exact) mass is 429 g/mol. The van der Waals surface area contributed by atoms with Gasteiger partial charge in [-0.25, -0.2) is 0 Å². The first-order valence-corrected chi connectivity index (χ1v) is 10.2. The van der Waals surface area contributed by atoms with Crippen LogP contribution >= 0.6 is 0 Å². The van der Waals surface area contributed by atoms with Gasteiger partial charge in [0, 0.05) is 30.8 Å². The second-order valence-electron chi connectivity index (χ2n) is 8.92. The zero-order valence-corrected chi connectivity index (χ0v) is 18.1. The van der Waals surface area contributed by atoms with Gasteiger partial charge >= 0.3 is 5.97 Å². The normalized spacial score (nSPS) is 19.4. The molecule has 1 unspecified atom stereocenters. The summed E-state index contributed by atoms with van der Waals surface area (Å²) in [5.41, 5.74) is 1.13. The Morgan fingerprint density at radius 1 is 1.23 bits per heavy atom. The molecule has 9 heteroatoms. The highest BCUT2D eigenvalue weighted by Crippen LogP contribution is 2.29. The van der Waals surface area contributed by atoms with E-state index in [-0.39, 0.29) is 30.3 Å². The number of hydrogen-bond acceptors (Lipinski definition) is 7. The summed E-state index contributed by atoms with van der Waals surface area (Å²) >= 11 is 0. The van der Waals surface area contributed by atoms with Gasteiger partial charge < -0.3 is 9.64 Å². The molecule has 166 valence electrons. The van der Waals surface area contributed by atoms with Gasteiger partial charge in [0.15, 0.2) is 0 Å². The topological polar surface area (TPSA) is 113 Å². The van der Waals surface area contributed by atoms with Crippen molar-refractivity contribution in [1.29, 1.82) is 0 Å². The predicted octanol–water partition coefficient (Wildman–Crippen LogP) is 1.18. The molecular weight excluding hydrogens is 402 g/mol. The fourth-order valence-electron chi connectivity index (χ4n) is 3.61. The smallest absolute Gasteiger partial charge is 0.313 e. The maximum Gasteiger partial charge on any atom is 0.313 e. The van der Waals surface area contributed by atoms with Gasteiger partial charge in [0.1, 0.15) is 11.6 Å². The number of ether oxygens (including phenoxy) is 1. The molecule has 31 heavy (non-hydrogen) atoms. The summed E-state index contributed by atoms with van der Waals surface area (Å²) in [5, 5.41) is 2.16. The fourth-order valence-corrected chi connectivity index (χ4v) is 3.61. The molecule has 0 bridgehead atoms. The quantitative estimate of drug-likeness (QED) is 0.425. The summed E-state index contributed by atoms with van der Waals surface area (Å²) in [5.74, 6) is -2.18. The largest absolute Gasteiger partial charge is 0.460 e. The number of rotatable bonds is 5. The van der Waals surface area contributed by atoms with Crippen molar-refractivity contribution in [3.63, 3.8) is 0 Å². The Morgan fingerprint density at radius 2 is 1.90 bits per heavy atom. The van der Waals surface area contributed by atoms with Crippen molar-refractivity contribution in [3.05, 3.63) is 29.3 Å². The Balaban J connectivity index is 1.73. The molecule has 1 atom stereocenters. The number of imide groups is 2. The number of nitrogens with one attached hydrogen (secondary N) is 1. The molecular formula is C22H27N3O6. The third-order valence-corrected chi connectivity index (χ3v) is 5.33. The summed E-state index contributed by atoms with van der Waals surface area (Å²) in [6.07, 6.45) is 0.487. The summed E-state index contributed by atoms with van der Waals surface area (Å²) < 4.78 is 5.41. The minimum absolute atomic E-state index is 0.0624. The molecule has 2 fully saturated rings. The van der Waals surface area contributed by atoms with E-state index in [9.17, 15) is 24.0 Å². The molecule has 3 rings (SSSR count). The van der Waals surface area contributed by atoms with E-state index in [1.165, 1.54) is 0 Å². The Kier molecular flexibility index (Phi) is 6.15. The number of esters is 1. The van der Waals surface area contributed by atoms with Crippen LogP contribution in [-0.2, 0) is 23.9 Å². The first-order valence-electron chi connectivity index (χ1n) is 10.2. The molecule has 2 aliphatic heterocycles. The van der Waals surface area contributed by atoms with Crippen LogP contribution in [0.25, 0.3) is 0 Å². The van der Waals surface area contributed by atoms with Crippen molar-refractivity contribution < 1.29 is 28.7 Å². The number of amides is 4. The van der Waals surface area contributed by atoms with Crippen molar-refractivity contribution >= 4 is 35.8 Å². The van der Waals surface area contributed by atoms with E-state index in [2.05, 4.69) is 5.32 Å².